The van der Waals surface area contributed by atoms with Gasteiger partial charge in [-0.2, -0.15) is 0 Å². The highest BCUT2D eigenvalue weighted by atomic mass is 79.9. The highest BCUT2D eigenvalue weighted by Crippen LogP contribution is 2.17. The standard InChI is InChI=1S/C11H11BrO3/c1-7(13)11(8(2)14)15-10-5-3-9(12)4-6-10/h3-6,11H,1-2H3. The molecule has 0 aliphatic heterocycles. The van der Waals surface area contributed by atoms with E-state index in [1.165, 1.54) is 13.8 Å². The Morgan fingerprint density at radius 2 is 1.60 bits per heavy atom. The molecule has 4 heteroatoms. The number of benzene rings is 1. The molecule has 3 nitrogen and oxygen atoms in total. The zero-order chi connectivity index (χ0) is 11.4. The molecular weight excluding hydrogens is 260 g/mol. The molecule has 0 fully saturated rings. The van der Waals surface area contributed by atoms with Gasteiger partial charge < -0.3 is 4.74 Å². The van der Waals surface area contributed by atoms with Crippen LogP contribution in [0.2, 0.25) is 0 Å². The van der Waals surface area contributed by atoms with Crippen LogP contribution in [-0.2, 0) is 9.59 Å². The Morgan fingerprint density at radius 3 is 2.00 bits per heavy atom. The van der Waals surface area contributed by atoms with Crippen LogP contribution in [0.3, 0.4) is 0 Å². The van der Waals surface area contributed by atoms with Gasteiger partial charge in [0, 0.05) is 4.47 Å². The van der Waals surface area contributed by atoms with Crippen molar-refractivity contribution in [3.05, 3.63) is 28.7 Å². The average Bonchev–Trinajstić information content (AvgIpc) is 2.15. The van der Waals surface area contributed by atoms with Crippen LogP contribution in [0.25, 0.3) is 0 Å². The lowest BCUT2D eigenvalue weighted by molar-refractivity contribution is -0.134. The molecular formula is C11H11BrO3. The zero-order valence-corrected chi connectivity index (χ0v) is 10.1. The van der Waals surface area contributed by atoms with Crippen LogP contribution in [0.4, 0.5) is 0 Å². The fourth-order valence-electron chi connectivity index (χ4n) is 1.10. The predicted octanol–water partition coefficient (Wildman–Crippen LogP) is 2.37. The van der Waals surface area contributed by atoms with Gasteiger partial charge in [-0.25, -0.2) is 0 Å². The van der Waals surface area contributed by atoms with Crippen molar-refractivity contribution in [2.75, 3.05) is 0 Å². The minimum absolute atomic E-state index is 0.287. The van der Waals surface area contributed by atoms with Crippen molar-refractivity contribution in [2.45, 2.75) is 20.0 Å². The second-order valence-electron chi connectivity index (χ2n) is 3.17. The first-order valence-electron chi connectivity index (χ1n) is 4.44. The molecule has 80 valence electrons. The topological polar surface area (TPSA) is 43.4 Å². The Kier molecular flexibility index (Phi) is 4.03. The lowest BCUT2D eigenvalue weighted by atomic mass is 10.2. The van der Waals surface area contributed by atoms with Gasteiger partial charge in [0.1, 0.15) is 5.75 Å². The SMILES string of the molecule is CC(=O)C(Oc1ccc(Br)cc1)C(C)=O. The summed E-state index contributed by atoms with van der Waals surface area (Å²) < 4.78 is 6.19. The van der Waals surface area contributed by atoms with Gasteiger partial charge in [0.25, 0.3) is 0 Å². The van der Waals surface area contributed by atoms with E-state index in [0.29, 0.717) is 5.75 Å². The highest BCUT2D eigenvalue weighted by Gasteiger charge is 2.20. The summed E-state index contributed by atoms with van der Waals surface area (Å²) in [6.07, 6.45) is -0.994. The molecule has 0 aliphatic rings. The van der Waals surface area contributed by atoms with Gasteiger partial charge in [0.05, 0.1) is 0 Å². The molecule has 0 radical (unpaired) electrons. The maximum atomic E-state index is 11.1. The molecule has 0 heterocycles. The average molecular weight is 271 g/mol. The molecule has 0 aliphatic carbocycles. The molecule has 0 spiro atoms. The van der Waals surface area contributed by atoms with E-state index >= 15 is 0 Å². The lowest BCUT2D eigenvalue weighted by Crippen LogP contribution is -2.32. The molecule has 0 bridgehead atoms. The number of ketones is 2. The minimum atomic E-state index is -0.994. The molecule has 0 unspecified atom stereocenters. The van der Waals surface area contributed by atoms with Gasteiger partial charge in [-0.05, 0) is 38.1 Å². The number of carbonyl (C=O) groups excluding carboxylic acids is 2. The van der Waals surface area contributed by atoms with Crippen molar-refractivity contribution in [1.29, 1.82) is 0 Å². The van der Waals surface area contributed by atoms with E-state index in [1.54, 1.807) is 24.3 Å². The summed E-state index contributed by atoms with van der Waals surface area (Å²) in [5.41, 5.74) is 0. The number of rotatable bonds is 4. The van der Waals surface area contributed by atoms with E-state index in [2.05, 4.69) is 15.9 Å². The summed E-state index contributed by atoms with van der Waals surface area (Å²) in [7, 11) is 0. The first-order valence-corrected chi connectivity index (χ1v) is 5.23. The Balaban J connectivity index is 2.79. The largest absolute Gasteiger partial charge is 0.475 e. The Morgan fingerprint density at radius 1 is 1.13 bits per heavy atom. The second kappa shape index (κ2) is 5.07. The smallest absolute Gasteiger partial charge is 0.214 e. The van der Waals surface area contributed by atoms with Crippen molar-refractivity contribution in [3.63, 3.8) is 0 Å². The number of Topliss-reactive ketones (excluding diaryl/α,β-unsaturated/α-hetero) is 2. The summed E-state index contributed by atoms with van der Waals surface area (Å²) >= 11 is 3.28. The van der Waals surface area contributed by atoms with Crippen molar-refractivity contribution in [3.8, 4) is 5.75 Å². The van der Waals surface area contributed by atoms with E-state index in [0.717, 1.165) is 4.47 Å². The molecule has 0 N–H and O–H groups in total. The summed E-state index contributed by atoms with van der Waals surface area (Å²) in [5, 5.41) is 0. The van der Waals surface area contributed by atoms with E-state index in [1.807, 2.05) is 0 Å². The fourth-order valence-corrected chi connectivity index (χ4v) is 1.37. The third kappa shape index (κ3) is 3.47. The van der Waals surface area contributed by atoms with Crippen molar-refractivity contribution in [1.82, 2.24) is 0 Å². The molecule has 15 heavy (non-hydrogen) atoms. The van der Waals surface area contributed by atoms with Crippen LogP contribution in [-0.4, -0.2) is 17.7 Å². The maximum Gasteiger partial charge on any atom is 0.214 e. The number of halogens is 1. The van der Waals surface area contributed by atoms with Crippen LogP contribution in [0.15, 0.2) is 28.7 Å². The van der Waals surface area contributed by atoms with Crippen LogP contribution in [0.5, 0.6) is 5.75 Å². The molecule has 0 saturated heterocycles. The van der Waals surface area contributed by atoms with E-state index in [-0.39, 0.29) is 11.6 Å². The third-order valence-electron chi connectivity index (χ3n) is 1.81. The van der Waals surface area contributed by atoms with Gasteiger partial charge >= 0.3 is 0 Å². The molecule has 0 amide bonds. The second-order valence-corrected chi connectivity index (χ2v) is 4.09. The molecule has 0 aromatic heterocycles. The Bertz CT molecular complexity index is 356. The monoisotopic (exact) mass is 270 g/mol. The molecule has 1 rings (SSSR count). The normalized spacial score (nSPS) is 10.1. The zero-order valence-electron chi connectivity index (χ0n) is 8.49. The third-order valence-corrected chi connectivity index (χ3v) is 2.33. The van der Waals surface area contributed by atoms with Crippen molar-refractivity contribution >= 4 is 27.5 Å². The molecule has 1 aromatic rings. The van der Waals surface area contributed by atoms with Crippen LogP contribution in [0.1, 0.15) is 13.8 Å². The predicted molar refractivity (Wildman–Crippen MR) is 59.9 cm³/mol. The van der Waals surface area contributed by atoms with Crippen molar-refractivity contribution < 1.29 is 14.3 Å². The number of hydrogen-bond acceptors (Lipinski definition) is 3. The van der Waals surface area contributed by atoms with Gasteiger partial charge in [-0.15, -0.1) is 0 Å². The van der Waals surface area contributed by atoms with Crippen LogP contribution < -0.4 is 4.74 Å². The summed E-state index contributed by atoms with van der Waals surface area (Å²) in [4.78, 5) is 22.2. The van der Waals surface area contributed by atoms with Crippen molar-refractivity contribution in [2.24, 2.45) is 0 Å². The number of hydrogen-bond donors (Lipinski definition) is 0. The minimum Gasteiger partial charge on any atom is -0.475 e. The molecule has 0 saturated carbocycles. The molecule has 0 atom stereocenters. The van der Waals surface area contributed by atoms with Crippen LogP contribution >= 0.6 is 15.9 Å². The van der Waals surface area contributed by atoms with E-state index < -0.39 is 6.10 Å². The van der Waals surface area contributed by atoms with Gasteiger partial charge in [0.15, 0.2) is 11.6 Å². The quantitative estimate of drug-likeness (QED) is 0.789. The number of ether oxygens (including phenoxy) is 1. The highest BCUT2D eigenvalue weighted by molar-refractivity contribution is 9.10. The fraction of sp³-hybridized carbons (Fsp3) is 0.273. The number of carbonyl (C=O) groups is 2. The Labute approximate surface area is 96.6 Å². The maximum absolute atomic E-state index is 11.1. The van der Waals surface area contributed by atoms with Crippen LogP contribution in [0, 0.1) is 0 Å². The van der Waals surface area contributed by atoms with E-state index in [9.17, 15) is 9.59 Å². The van der Waals surface area contributed by atoms with Gasteiger partial charge in [0.2, 0.25) is 6.10 Å². The summed E-state index contributed by atoms with van der Waals surface area (Å²) in [6.45, 7) is 2.68. The summed E-state index contributed by atoms with van der Waals surface area (Å²) in [5.74, 6) is -0.0653. The summed E-state index contributed by atoms with van der Waals surface area (Å²) in [6, 6.07) is 6.96. The Hall–Kier alpha value is -1.16. The molecule has 1 aromatic carbocycles. The van der Waals surface area contributed by atoms with E-state index in [4.69, 9.17) is 4.74 Å². The first kappa shape index (κ1) is 11.9. The first-order chi connectivity index (χ1) is 7.00. The lowest BCUT2D eigenvalue weighted by Gasteiger charge is -2.13. The van der Waals surface area contributed by atoms with Gasteiger partial charge in [-0.3, -0.25) is 9.59 Å². The van der Waals surface area contributed by atoms with Gasteiger partial charge in [-0.1, -0.05) is 15.9 Å².